The molecule has 0 radical (unpaired) electrons. The normalized spacial score (nSPS) is 22.2. The Bertz CT molecular complexity index is 894. The zero-order chi connectivity index (χ0) is 20.1. The maximum Gasteiger partial charge on any atom is 0.451 e. The standard InChI is InChI=1S/C19H22F3N5O/c1-11-4-2-3-5-12(11)8-13(23)9-16(28)27-14-6-7-15(27)17-24-25-18(19(20,21)22)26(17)10-14/h2-5,13-15H,6-10,23H2,1H3/t13-,14+,15+/m1/s1. The molecule has 0 unspecified atom stereocenters. The van der Waals surface area contributed by atoms with E-state index in [0.29, 0.717) is 19.3 Å². The second kappa shape index (κ2) is 6.88. The minimum absolute atomic E-state index is 0.0758. The zero-order valence-electron chi connectivity index (χ0n) is 15.5. The minimum Gasteiger partial charge on any atom is -0.328 e. The largest absolute Gasteiger partial charge is 0.451 e. The molecule has 1 amide bonds. The van der Waals surface area contributed by atoms with E-state index >= 15 is 0 Å². The molecule has 1 aromatic heterocycles. The van der Waals surface area contributed by atoms with E-state index in [1.165, 1.54) is 0 Å². The summed E-state index contributed by atoms with van der Waals surface area (Å²) in [6.45, 7) is 2.08. The van der Waals surface area contributed by atoms with Crippen LogP contribution in [-0.2, 0) is 23.9 Å². The fraction of sp³-hybridized carbons (Fsp3) is 0.526. The Balaban J connectivity index is 1.49. The van der Waals surface area contributed by atoms with E-state index in [0.717, 1.165) is 15.7 Å². The van der Waals surface area contributed by atoms with Crippen molar-refractivity contribution in [3.63, 3.8) is 0 Å². The quantitative estimate of drug-likeness (QED) is 0.866. The maximum atomic E-state index is 13.1. The molecule has 1 saturated heterocycles. The SMILES string of the molecule is Cc1ccccc1C[C@@H](N)CC(=O)N1[C@H]2CC[C@H]1c1nnc(C(F)(F)F)n1C2. The highest BCUT2D eigenvalue weighted by molar-refractivity contribution is 5.78. The Morgan fingerprint density at radius 2 is 2.04 bits per heavy atom. The van der Waals surface area contributed by atoms with E-state index in [9.17, 15) is 18.0 Å². The Labute approximate surface area is 160 Å². The van der Waals surface area contributed by atoms with Crippen LogP contribution in [0.1, 0.15) is 48.1 Å². The van der Waals surface area contributed by atoms with Gasteiger partial charge in [-0.3, -0.25) is 4.79 Å². The topological polar surface area (TPSA) is 77.0 Å². The van der Waals surface area contributed by atoms with Gasteiger partial charge < -0.3 is 15.2 Å². The highest BCUT2D eigenvalue weighted by Gasteiger charge is 2.48. The Morgan fingerprint density at radius 1 is 1.29 bits per heavy atom. The van der Waals surface area contributed by atoms with Crippen LogP contribution in [0.4, 0.5) is 13.2 Å². The summed E-state index contributed by atoms with van der Waals surface area (Å²) in [7, 11) is 0. The van der Waals surface area contributed by atoms with Gasteiger partial charge in [0.1, 0.15) is 0 Å². The van der Waals surface area contributed by atoms with Crippen LogP contribution in [0.15, 0.2) is 24.3 Å². The molecule has 28 heavy (non-hydrogen) atoms. The molecular formula is C19H22F3N5O. The number of carbonyl (C=O) groups is 1. The van der Waals surface area contributed by atoms with Crippen LogP contribution < -0.4 is 5.73 Å². The first-order chi connectivity index (χ1) is 13.3. The van der Waals surface area contributed by atoms with Crippen molar-refractivity contribution in [3.05, 3.63) is 47.0 Å². The Kier molecular flexibility index (Phi) is 4.65. The molecule has 1 aromatic carbocycles. The summed E-state index contributed by atoms with van der Waals surface area (Å²) in [6, 6.07) is 6.80. The van der Waals surface area contributed by atoms with Crippen LogP contribution >= 0.6 is 0 Å². The lowest BCUT2D eigenvalue weighted by atomic mass is 9.99. The predicted molar refractivity (Wildman–Crippen MR) is 95.1 cm³/mol. The number of fused-ring (bicyclic) bond motifs is 4. The first kappa shape index (κ1) is 18.9. The van der Waals surface area contributed by atoms with Crippen molar-refractivity contribution in [2.45, 2.75) is 63.5 Å². The average molecular weight is 393 g/mol. The molecule has 0 aliphatic carbocycles. The van der Waals surface area contributed by atoms with Gasteiger partial charge in [-0.2, -0.15) is 13.2 Å². The summed E-state index contributed by atoms with van der Waals surface area (Å²) in [6.07, 6.45) is -2.56. The number of carbonyl (C=O) groups excluding carboxylic acids is 1. The average Bonchev–Trinajstić information content (AvgIpc) is 3.18. The summed E-state index contributed by atoms with van der Waals surface area (Å²) >= 11 is 0. The van der Waals surface area contributed by atoms with E-state index in [1.54, 1.807) is 4.90 Å². The van der Waals surface area contributed by atoms with Gasteiger partial charge in [-0.1, -0.05) is 24.3 Å². The molecule has 2 aromatic rings. The number of hydrogen-bond acceptors (Lipinski definition) is 4. The number of hydrogen-bond donors (Lipinski definition) is 1. The van der Waals surface area contributed by atoms with Crippen molar-refractivity contribution in [1.82, 2.24) is 19.7 Å². The third-order valence-corrected chi connectivity index (χ3v) is 5.69. The van der Waals surface area contributed by atoms with Gasteiger partial charge in [0.15, 0.2) is 5.82 Å². The number of nitrogens with two attached hydrogens (primary N) is 1. The highest BCUT2D eigenvalue weighted by Crippen LogP contribution is 2.42. The number of nitrogens with zero attached hydrogens (tertiary/aromatic N) is 4. The second-order valence-corrected chi connectivity index (χ2v) is 7.63. The van der Waals surface area contributed by atoms with Gasteiger partial charge >= 0.3 is 6.18 Å². The molecule has 2 aliphatic heterocycles. The van der Waals surface area contributed by atoms with Crippen molar-refractivity contribution < 1.29 is 18.0 Å². The first-order valence-electron chi connectivity index (χ1n) is 9.37. The van der Waals surface area contributed by atoms with Crippen molar-refractivity contribution in [2.75, 3.05) is 0 Å². The van der Waals surface area contributed by atoms with Crippen LogP contribution in [0.5, 0.6) is 0 Å². The van der Waals surface area contributed by atoms with Gasteiger partial charge in [0.25, 0.3) is 0 Å². The molecule has 9 heteroatoms. The lowest BCUT2D eigenvalue weighted by Crippen LogP contribution is -2.46. The van der Waals surface area contributed by atoms with Gasteiger partial charge in [0.05, 0.1) is 12.1 Å². The van der Waals surface area contributed by atoms with Gasteiger partial charge in [-0.25, -0.2) is 0 Å². The Hall–Kier alpha value is -2.42. The predicted octanol–water partition coefficient (Wildman–Crippen LogP) is 2.61. The van der Waals surface area contributed by atoms with E-state index in [4.69, 9.17) is 5.73 Å². The molecule has 1 fully saturated rings. The molecule has 6 nitrogen and oxygen atoms in total. The first-order valence-corrected chi connectivity index (χ1v) is 9.37. The van der Waals surface area contributed by atoms with Crippen molar-refractivity contribution in [2.24, 2.45) is 5.73 Å². The smallest absolute Gasteiger partial charge is 0.328 e. The molecule has 150 valence electrons. The number of benzene rings is 1. The number of halogens is 3. The monoisotopic (exact) mass is 393 g/mol. The lowest BCUT2D eigenvalue weighted by molar-refractivity contribution is -0.148. The van der Waals surface area contributed by atoms with Crippen LogP contribution in [0.3, 0.4) is 0 Å². The van der Waals surface area contributed by atoms with E-state index in [1.807, 2.05) is 31.2 Å². The summed E-state index contributed by atoms with van der Waals surface area (Å²) in [4.78, 5) is 14.6. The van der Waals surface area contributed by atoms with Crippen LogP contribution in [-0.4, -0.2) is 37.7 Å². The van der Waals surface area contributed by atoms with Crippen LogP contribution in [0.25, 0.3) is 0 Å². The fourth-order valence-electron chi connectivity index (χ4n) is 4.38. The van der Waals surface area contributed by atoms with Gasteiger partial charge in [-0.15, -0.1) is 10.2 Å². The van der Waals surface area contributed by atoms with Crippen LogP contribution in [0.2, 0.25) is 0 Å². The van der Waals surface area contributed by atoms with Gasteiger partial charge in [0.2, 0.25) is 11.7 Å². The molecule has 0 spiro atoms. The van der Waals surface area contributed by atoms with Crippen molar-refractivity contribution in [1.29, 1.82) is 0 Å². The molecule has 2 aliphatic rings. The summed E-state index contributed by atoms with van der Waals surface area (Å²) in [5.41, 5.74) is 8.44. The molecule has 2 bridgehead atoms. The molecule has 4 rings (SSSR count). The third kappa shape index (κ3) is 3.28. The van der Waals surface area contributed by atoms with Crippen molar-refractivity contribution in [3.8, 4) is 0 Å². The molecule has 0 saturated carbocycles. The number of amides is 1. The fourth-order valence-corrected chi connectivity index (χ4v) is 4.38. The van der Waals surface area contributed by atoms with E-state index < -0.39 is 18.0 Å². The van der Waals surface area contributed by atoms with E-state index in [-0.39, 0.29) is 36.8 Å². The maximum absolute atomic E-state index is 13.1. The van der Waals surface area contributed by atoms with Gasteiger partial charge in [-0.05, 0) is 37.3 Å². The second-order valence-electron chi connectivity index (χ2n) is 7.63. The van der Waals surface area contributed by atoms with Crippen LogP contribution in [0, 0.1) is 6.92 Å². The van der Waals surface area contributed by atoms with Gasteiger partial charge in [0, 0.05) is 19.0 Å². The molecule has 3 heterocycles. The summed E-state index contributed by atoms with van der Waals surface area (Å²) in [5, 5.41) is 7.09. The lowest BCUT2D eigenvalue weighted by Gasteiger charge is -2.36. The number of alkyl halides is 3. The number of aryl methyl sites for hydroxylation is 1. The summed E-state index contributed by atoms with van der Waals surface area (Å²) < 4.78 is 40.5. The molecule has 2 N–H and O–H groups in total. The summed E-state index contributed by atoms with van der Waals surface area (Å²) in [5.74, 6) is -0.888. The third-order valence-electron chi connectivity index (χ3n) is 5.69. The highest BCUT2D eigenvalue weighted by atomic mass is 19.4. The number of aromatic nitrogens is 3. The zero-order valence-corrected chi connectivity index (χ0v) is 15.5. The molecule has 3 atom stereocenters. The minimum atomic E-state index is -4.55. The Morgan fingerprint density at radius 3 is 2.75 bits per heavy atom. The molecular weight excluding hydrogens is 371 g/mol. The van der Waals surface area contributed by atoms with E-state index in [2.05, 4.69) is 10.2 Å². The van der Waals surface area contributed by atoms with Crippen molar-refractivity contribution >= 4 is 5.91 Å². The number of rotatable bonds is 4.